The highest BCUT2D eigenvalue weighted by molar-refractivity contribution is 9.10. The van der Waals surface area contributed by atoms with E-state index in [1.807, 2.05) is 10.9 Å². The van der Waals surface area contributed by atoms with E-state index in [-0.39, 0.29) is 12.3 Å². The number of nitrogens with zero attached hydrogens (tertiary/aromatic N) is 3. The molecular formula is C16H15BrF3N3O. The van der Waals surface area contributed by atoms with Crippen molar-refractivity contribution in [1.82, 2.24) is 14.7 Å². The molecule has 0 bridgehead atoms. The summed E-state index contributed by atoms with van der Waals surface area (Å²) in [5.74, 6) is 0.293. The summed E-state index contributed by atoms with van der Waals surface area (Å²) in [6.07, 6.45) is -0.633. The molecule has 3 rings (SSSR count). The van der Waals surface area contributed by atoms with Gasteiger partial charge >= 0.3 is 6.18 Å². The van der Waals surface area contributed by atoms with Crippen molar-refractivity contribution in [2.45, 2.75) is 19.1 Å². The summed E-state index contributed by atoms with van der Waals surface area (Å²) < 4.78 is 40.3. The normalized spacial score (nSPS) is 15.4. The third-order valence-corrected chi connectivity index (χ3v) is 4.40. The Bertz CT molecular complexity index is 721. The average Bonchev–Trinajstić information content (AvgIpc) is 2.87. The largest absolute Gasteiger partial charge is 0.416 e. The summed E-state index contributed by atoms with van der Waals surface area (Å²) in [5, 5.41) is 4.18. The van der Waals surface area contributed by atoms with E-state index in [0.29, 0.717) is 24.6 Å². The number of halogens is 4. The molecule has 0 unspecified atom stereocenters. The maximum atomic E-state index is 12.5. The molecule has 1 fully saturated rings. The Morgan fingerprint density at radius 1 is 1.25 bits per heavy atom. The van der Waals surface area contributed by atoms with E-state index in [1.165, 1.54) is 12.1 Å². The highest BCUT2D eigenvalue weighted by Crippen LogP contribution is 2.29. The molecule has 0 N–H and O–H groups in total. The molecule has 2 heterocycles. The molecule has 1 amide bonds. The summed E-state index contributed by atoms with van der Waals surface area (Å²) >= 11 is 3.33. The number of carbonyl (C=O) groups excluding carboxylic acids is 1. The second kappa shape index (κ2) is 6.58. The Morgan fingerprint density at radius 3 is 2.46 bits per heavy atom. The quantitative estimate of drug-likeness (QED) is 0.787. The lowest BCUT2D eigenvalue weighted by molar-refractivity contribution is -0.137. The molecule has 1 aliphatic rings. The standard InChI is InChI=1S/C16H15BrF3N3O/c17-14-6-21-23(10-14)9-12-7-22(8-12)15(24)5-11-1-3-13(4-2-11)16(18,19)20/h1-4,6,10,12H,5,7-9H2. The molecule has 8 heteroatoms. The second-order valence-electron chi connectivity index (χ2n) is 5.92. The van der Waals surface area contributed by atoms with E-state index in [9.17, 15) is 18.0 Å². The number of hydrogen-bond acceptors (Lipinski definition) is 2. The van der Waals surface area contributed by atoms with Gasteiger partial charge in [0.25, 0.3) is 0 Å². The fraction of sp³-hybridized carbons (Fsp3) is 0.375. The number of rotatable bonds is 4. The fourth-order valence-electron chi connectivity index (χ4n) is 2.69. The molecule has 1 aliphatic heterocycles. The van der Waals surface area contributed by atoms with Gasteiger partial charge in [-0.25, -0.2) is 0 Å². The van der Waals surface area contributed by atoms with Gasteiger partial charge in [-0.1, -0.05) is 12.1 Å². The van der Waals surface area contributed by atoms with Gasteiger partial charge in [-0.2, -0.15) is 18.3 Å². The summed E-state index contributed by atoms with van der Waals surface area (Å²) in [6, 6.07) is 4.74. The Labute approximate surface area is 145 Å². The van der Waals surface area contributed by atoms with Crippen LogP contribution in [-0.4, -0.2) is 33.7 Å². The topological polar surface area (TPSA) is 38.1 Å². The monoisotopic (exact) mass is 401 g/mol. The van der Waals surface area contributed by atoms with Gasteiger partial charge in [0.2, 0.25) is 5.91 Å². The van der Waals surface area contributed by atoms with Crippen LogP contribution in [0.15, 0.2) is 41.1 Å². The van der Waals surface area contributed by atoms with Gasteiger partial charge in [0.1, 0.15) is 0 Å². The number of likely N-dealkylation sites (tertiary alicyclic amines) is 1. The number of carbonyl (C=O) groups is 1. The lowest BCUT2D eigenvalue weighted by Crippen LogP contribution is -2.51. The van der Waals surface area contributed by atoms with Crippen LogP contribution in [-0.2, 0) is 23.9 Å². The molecule has 128 valence electrons. The van der Waals surface area contributed by atoms with E-state index in [2.05, 4.69) is 21.0 Å². The highest BCUT2D eigenvalue weighted by atomic mass is 79.9. The minimum absolute atomic E-state index is 0.0624. The molecule has 0 aliphatic carbocycles. The first-order valence-electron chi connectivity index (χ1n) is 7.43. The van der Waals surface area contributed by atoms with E-state index in [4.69, 9.17) is 0 Å². The van der Waals surface area contributed by atoms with Gasteiger partial charge < -0.3 is 4.90 Å². The first-order valence-corrected chi connectivity index (χ1v) is 8.22. The van der Waals surface area contributed by atoms with Gasteiger partial charge in [-0.15, -0.1) is 0 Å². The van der Waals surface area contributed by atoms with Gasteiger partial charge in [0.05, 0.1) is 22.7 Å². The van der Waals surface area contributed by atoms with Crippen LogP contribution in [0.25, 0.3) is 0 Å². The van der Waals surface area contributed by atoms with Crippen molar-refractivity contribution in [3.8, 4) is 0 Å². The van der Waals surface area contributed by atoms with Crippen molar-refractivity contribution in [3.05, 3.63) is 52.3 Å². The number of benzene rings is 1. The van der Waals surface area contributed by atoms with Crippen molar-refractivity contribution < 1.29 is 18.0 Å². The lowest BCUT2D eigenvalue weighted by Gasteiger charge is -2.39. The molecule has 4 nitrogen and oxygen atoms in total. The zero-order valence-corrected chi connectivity index (χ0v) is 14.2. The van der Waals surface area contributed by atoms with Crippen LogP contribution in [0.4, 0.5) is 13.2 Å². The van der Waals surface area contributed by atoms with Crippen LogP contribution >= 0.6 is 15.9 Å². The molecule has 0 atom stereocenters. The van der Waals surface area contributed by atoms with Crippen LogP contribution in [0.3, 0.4) is 0 Å². The van der Waals surface area contributed by atoms with Crippen molar-refractivity contribution in [3.63, 3.8) is 0 Å². The SMILES string of the molecule is O=C(Cc1ccc(C(F)(F)F)cc1)N1CC(Cn2cc(Br)cn2)C1. The Morgan fingerprint density at radius 2 is 1.92 bits per heavy atom. The number of aromatic nitrogens is 2. The van der Waals surface area contributed by atoms with Crippen LogP contribution < -0.4 is 0 Å². The molecule has 2 aromatic rings. The summed E-state index contributed by atoms with van der Waals surface area (Å²) in [4.78, 5) is 13.9. The van der Waals surface area contributed by atoms with E-state index < -0.39 is 11.7 Å². The molecule has 1 aromatic heterocycles. The van der Waals surface area contributed by atoms with Crippen molar-refractivity contribution in [2.75, 3.05) is 13.1 Å². The molecule has 0 radical (unpaired) electrons. The van der Waals surface area contributed by atoms with E-state index in [0.717, 1.165) is 23.2 Å². The smallest absolute Gasteiger partial charge is 0.342 e. The van der Waals surface area contributed by atoms with Crippen molar-refractivity contribution in [1.29, 1.82) is 0 Å². The third kappa shape index (κ3) is 3.98. The molecule has 1 aromatic carbocycles. The van der Waals surface area contributed by atoms with E-state index in [1.54, 1.807) is 11.1 Å². The van der Waals surface area contributed by atoms with Crippen LogP contribution in [0.2, 0.25) is 0 Å². The van der Waals surface area contributed by atoms with Crippen molar-refractivity contribution in [2.24, 2.45) is 5.92 Å². The third-order valence-electron chi connectivity index (χ3n) is 3.99. The molecule has 0 spiro atoms. The Balaban J connectivity index is 1.48. The Hall–Kier alpha value is -1.83. The number of alkyl halides is 3. The minimum atomic E-state index is -4.35. The zero-order valence-electron chi connectivity index (χ0n) is 12.6. The molecule has 0 saturated carbocycles. The number of amides is 1. The average molecular weight is 402 g/mol. The first-order chi connectivity index (χ1) is 11.3. The second-order valence-corrected chi connectivity index (χ2v) is 6.83. The van der Waals surface area contributed by atoms with Gasteiger partial charge in [-0.05, 0) is 33.6 Å². The maximum absolute atomic E-state index is 12.5. The van der Waals surface area contributed by atoms with E-state index >= 15 is 0 Å². The zero-order chi connectivity index (χ0) is 17.3. The summed E-state index contributed by atoms with van der Waals surface area (Å²) in [7, 11) is 0. The Kier molecular flexibility index (Phi) is 4.67. The first kappa shape index (κ1) is 17.0. The summed E-state index contributed by atoms with van der Waals surface area (Å²) in [5.41, 5.74) is -0.111. The predicted molar refractivity (Wildman–Crippen MR) is 85.1 cm³/mol. The molecule has 24 heavy (non-hydrogen) atoms. The minimum Gasteiger partial charge on any atom is -0.342 e. The van der Waals surface area contributed by atoms with Crippen LogP contribution in [0, 0.1) is 5.92 Å². The van der Waals surface area contributed by atoms with Crippen LogP contribution in [0.5, 0.6) is 0 Å². The number of hydrogen-bond donors (Lipinski definition) is 0. The van der Waals surface area contributed by atoms with Gasteiger partial charge in [-0.3, -0.25) is 9.48 Å². The maximum Gasteiger partial charge on any atom is 0.416 e. The molecule has 1 saturated heterocycles. The van der Waals surface area contributed by atoms with Gasteiger partial charge in [0, 0.05) is 31.7 Å². The fourth-order valence-corrected chi connectivity index (χ4v) is 3.02. The van der Waals surface area contributed by atoms with Gasteiger partial charge in [0.15, 0.2) is 0 Å². The summed E-state index contributed by atoms with van der Waals surface area (Å²) in [6.45, 7) is 2.05. The molecular weight excluding hydrogens is 387 g/mol. The van der Waals surface area contributed by atoms with Crippen molar-refractivity contribution >= 4 is 21.8 Å². The highest BCUT2D eigenvalue weighted by Gasteiger charge is 2.32. The lowest BCUT2D eigenvalue weighted by atomic mass is 9.98. The predicted octanol–water partition coefficient (Wildman–Crippen LogP) is 3.37. The van der Waals surface area contributed by atoms with Crippen LogP contribution in [0.1, 0.15) is 11.1 Å².